The van der Waals surface area contributed by atoms with Crippen LogP contribution in [0.3, 0.4) is 0 Å². The number of anilines is 1. The Labute approximate surface area is 129 Å². The second kappa shape index (κ2) is 6.78. The summed E-state index contributed by atoms with van der Waals surface area (Å²) in [6.07, 6.45) is 7.42. The van der Waals surface area contributed by atoms with Crippen molar-refractivity contribution in [3.63, 3.8) is 0 Å². The molecule has 0 saturated carbocycles. The fourth-order valence-electron chi connectivity index (χ4n) is 3.83. The number of aromatic nitrogens is 1. The molecule has 0 spiro atoms. The number of hydrogen-bond donors (Lipinski definition) is 0. The van der Waals surface area contributed by atoms with Crippen molar-refractivity contribution in [3.8, 4) is 0 Å². The molecule has 3 heterocycles. The topological polar surface area (TPSA) is 19.4 Å². The second-order valence-corrected chi connectivity index (χ2v) is 7.18. The Balaban J connectivity index is 1.65. The Morgan fingerprint density at radius 3 is 2.62 bits per heavy atom. The molecule has 2 aliphatic heterocycles. The first-order valence-corrected chi connectivity index (χ1v) is 8.63. The van der Waals surface area contributed by atoms with Crippen LogP contribution in [0.25, 0.3) is 0 Å². The highest BCUT2D eigenvalue weighted by molar-refractivity contribution is 5.47. The van der Waals surface area contributed by atoms with E-state index in [1.54, 1.807) is 0 Å². The van der Waals surface area contributed by atoms with Gasteiger partial charge in [-0.3, -0.25) is 9.88 Å². The lowest BCUT2D eigenvalue weighted by Crippen LogP contribution is -2.35. The van der Waals surface area contributed by atoms with Crippen LogP contribution in [0.15, 0.2) is 18.3 Å². The Hall–Kier alpha value is -1.09. The van der Waals surface area contributed by atoms with Crippen LogP contribution in [0.2, 0.25) is 0 Å². The molecule has 3 nitrogen and oxygen atoms in total. The summed E-state index contributed by atoms with van der Waals surface area (Å²) in [5.74, 6) is 1.66. The third-order valence-corrected chi connectivity index (χ3v) is 4.95. The number of nitrogens with zero attached hydrogens (tertiary/aromatic N) is 3. The zero-order chi connectivity index (χ0) is 14.7. The molecule has 1 aromatic heterocycles. The van der Waals surface area contributed by atoms with Gasteiger partial charge in [0.05, 0.1) is 5.69 Å². The van der Waals surface area contributed by atoms with Gasteiger partial charge >= 0.3 is 0 Å². The van der Waals surface area contributed by atoms with Gasteiger partial charge in [-0.05, 0) is 56.2 Å². The molecule has 21 heavy (non-hydrogen) atoms. The smallest absolute Gasteiger partial charge is 0.0564 e. The molecule has 2 atom stereocenters. The molecule has 0 bridgehead atoms. The molecule has 3 heteroatoms. The molecule has 0 amide bonds. The van der Waals surface area contributed by atoms with Crippen molar-refractivity contribution in [2.24, 2.45) is 11.8 Å². The first-order chi connectivity index (χ1) is 10.2. The quantitative estimate of drug-likeness (QED) is 0.847. The van der Waals surface area contributed by atoms with E-state index < -0.39 is 0 Å². The molecule has 0 unspecified atom stereocenters. The number of hydrogen-bond acceptors (Lipinski definition) is 3. The number of likely N-dealkylation sites (tertiary alicyclic amines) is 1. The van der Waals surface area contributed by atoms with Gasteiger partial charge in [-0.1, -0.05) is 13.8 Å². The van der Waals surface area contributed by atoms with E-state index in [1.165, 1.54) is 63.2 Å². The lowest BCUT2D eigenvalue weighted by atomic mass is 9.99. The summed E-state index contributed by atoms with van der Waals surface area (Å²) in [6, 6.07) is 4.50. The Kier molecular flexibility index (Phi) is 4.79. The Morgan fingerprint density at radius 1 is 1.10 bits per heavy atom. The summed E-state index contributed by atoms with van der Waals surface area (Å²) in [5.41, 5.74) is 2.61. The Bertz CT molecular complexity index is 460. The van der Waals surface area contributed by atoms with Crippen LogP contribution < -0.4 is 4.90 Å². The Morgan fingerprint density at radius 2 is 1.86 bits per heavy atom. The van der Waals surface area contributed by atoms with E-state index in [9.17, 15) is 0 Å². The maximum atomic E-state index is 4.60. The number of pyridine rings is 1. The third kappa shape index (κ3) is 3.97. The second-order valence-electron chi connectivity index (χ2n) is 7.18. The maximum absolute atomic E-state index is 4.60. The SMILES string of the molecule is C[C@@H]1CCCN(Cc2cc(N3CCC[C@H](C)C3)ccn2)C1. The predicted molar refractivity (Wildman–Crippen MR) is 88.5 cm³/mol. The summed E-state index contributed by atoms with van der Waals surface area (Å²) in [4.78, 5) is 9.71. The van der Waals surface area contributed by atoms with Gasteiger partial charge in [0.15, 0.2) is 0 Å². The van der Waals surface area contributed by atoms with Gasteiger partial charge in [0.2, 0.25) is 0 Å². The van der Waals surface area contributed by atoms with Crippen molar-refractivity contribution < 1.29 is 0 Å². The van der Waals surface area contributed by atoms with E-state index in [1.807, 2.05) is 6.20 Å². The van der Waals surface area contributed by atoms with Crippen molar-refractivity contribution in [3.05, 3.63) is 24.0 Å². The molecular formula is C18H29N3. The molecule has 1 aromatic rings. The standard InChI is InChI=1S/C18H29N3/c1-15-5-3-9-20(12-15)14-17-11-18(7-8-19-17)21-10-4-6-16(2)13-21/h7-8,11,15-16H,3-6,9-10,12-14H2,1-2H3/t15-,16+/m1/s1. The van der Waals surface area contributed by atoms with Gasteiger partial charge in [-0.15, -0.1) is 0 Å². The minimum absolute atomic E-state index is 0.818. The highest BCUT2D eigenvalue weighted by atomic mass is 15.2. The lowest BCUT2D eigenvalue weighted by molar-refractivity contribution is 0.175. The number of piperidine rings is 2. The minimum atomic E-state index is 0.818. The summed E-state index contributed by atoms with van der Waals surface area (Å²) in [6.45, 7) is 10.6. The van der Waals surface area contributed by atoms with E-state index in [2.05, 4.69) is 40.8 Å². The fourth-order valence-corrected chi connectivity index (χ4v) is 3.83. The van der Waals surface area contributed by atoms with Crippen molar-refractivity contribution in [1.82, 2.24) is 9.88 Å². The lowest BCUT2D eigenvalue weighted by Gasteiger charge is -2.33. The van der Waals surface area contributed by atoms with Crippen LogP contribution in [0.5, 0.6) is 0 Å². The van der Waals surface area contributed by atoms with Crippen molar-refractivity contribution in [1.29, 1.82) is 0 Å². The summed E-state index contributed by atoms with van der Waals surface area (Å²) in [5, 5.41) is 0. The fraction of sp³-hybridized carbons (Fsp3) is 0.722. The summed E-state index contributed by atoms with van der Waals surface area (Å²) in [7, 11) is 0. The van der Waals surface area contributed by atoms with E-state index >= 15 is 0 Å². The van der Waals surface area contributed by atoms with Gasteiger partial charge in [0.25, 0.3) is 0 Å². The van der Waals surface area contributed by atoms with Crippen LogP contribution in [0.4, 0.5) is 5.69 Å². The summed E-state index contributed by atoms with van der Waals surface area (Å²) < 4.78 is 0. The molecule has 0 aliphatic carbocycles. The molecule has 2 saturated heterocycles. The van der Waals surface area contributed by atoms with Crippen molar-refractivity contribution in [2.45, 2.75) is 46.1 Å². The largest absolute Gasteiger partial charge is 0.371 e. The van der Waals surface area contributed by atoms with Crippen LogP contribution in [-0.4, -0.2) is 36.1 Å². The van der Waals surface area contributed by atoms with Crippen LogP contribution in [0.1, 0.15) is 45.2 Å². The maximum Gasteiger partial charge on any atom is 0.0564 e. The van der Waals surface area contributed by atoms with E-state index in [4.69, 9.17) is 0 Å². The minimum Gasteiger partial charge on any atom is -0.371 e. The molecule has 116 valence electrons. The average molecular weight is 287 g/mol. The van der Waals surface area contributed by atoms with Crippen LogP contribution in [-0.2, 0) is 6.54 Å². The highest BCUT2D eigenvalue weighted by Gasteiger charge is 2.19. The van der Waals surface area contributed by atoms with E-state index in [0.29, 0.717) is 0 Å². The summed E-state index contributed by atoms with van der Waals surface area (Å²) >= 11 is 0. The first-order valence-electron chi connectivity index (χ1n) is 8.63. The third-order valence-electron chi connectivity index (χ3n) is 4.95. The first kappa shape index (κ1) is 14.8. The van der Waals surface area contributed by atoms with Gasteiger partial charge in [0.1, 0.15) is 0 Å². The predicted octanol–water partition coefficient (Wildman–Crippen LogP) is 3.55. The zero-order valence-electron chi connectivity index (χ0n) is 13.6. The molecular weight excluding hydrogens is 258 g/mol. The van der Waals surface area contributed by atoms with Gasteiger partial charge < -0.3 is 4.90 Å². The molecule has 0 radical (unpaired) electrons. The van der Waals surface area contributed by atoms with E-state index in [-0.39, 0.29) is 0 Å². The molecule has 3 rings (SSSR count). The number of rotatable bonds is 3. The molecule has 0 aromatic carbocycles. The van der Waals surface area contributed by atoms with E-state index in [0.717, 1.165) is 18.4 Å². The zero-order valence-corrected chi connectivity index (χ0v) is 13.6. The van der Waals surface area contributed by atoms with Gasteiger partial charge in [-0.2, -0.15) is 0 Å². The highest BCUT2D eigenvalue weighted by Crippen LogP contribution is 2.24. The van der Waals surface area contributed by atoms with Gasteiger partial charge in [0, 0.05) is 38.1 Å². The molecule has 2 fully saturated rings. The van der Waals surface area contributed by atoms with Gasteiger partial charge in [-0.25, -0.2) is 0 Å². The van der Waals surface area contributed by atoms with Crippen molar-refractivity contribution >= 4 is 5.69 Å². The normalized spacial score (nSPS) is 27.8. The molecule has 2 aliphatic rings. The monoisotopic (exact) mass is 287 g/mol. The average Bonchev–Trinajstić information content (AvgIpc) is 2.47. The van der Waals surface area contributed by atoms with Crippen LogP contribution >= 0.6 is 0 Å². The van der Waals surface area contributed by atoms with Crippen LogP contribution in [0, 0.1) is 11.8 Å². The van der Waals surface area contributed by atoms with Crippen molar-refractivity contribution in [2.75, 3.05) is 31.1 Å². The molecule has 0 N–H and O–H groups in total.